The van der Waals surface area contributed by atoms with Crippen LogP contribution >= 0.6 is 23.2 Å². The third-order valence-electron chi connectivity index (χ3n) is 1.74. The van der Waals surface area contributed by atoms with Gasteiger partial charge in [0.15, 0.2) is 5.75 Å². The quantitative estimate of drug-likeness (QED) is 0.867. The smallest absolute Gasteiger partial charge is 0.156 e. The molecule has 0 aliphatic carbocycles. The molecule has 0 amide bonds. The molecule has 0 saturated heterocycles. The van der Waals surface area contributed by atoms with Gasteiger partial charge >= 0.3 is 0 Å². The highest BCUT2D eigenvalue weighted by atomic mass is 35.5. The summed E-state index contributed by atoms with van der Waals surface area (Å²) >= 11 is 12.0. The summed E-state index contributed by atoms with van der Waals surface area (Å²) in [5.74, 6) is 0.549. The van der Waals surface area contributed by atoms with Crippen molar-refractivity contribution in [2.24, 2.45) is 5.73 Å². The number of nitrogens with two attached hydrogens (primary N) is 1. The van der Waals surface area contributed by atoms with E-state index in [1.165, 1.54) is 0 Å². The van der Waals surface area contributed by atoms with Gasteiger partial charge in [0.1, 0.15) is 0 Å². The third kappa shape index (κ3) is 2.77. The van der Waals surface area contributed by atoms with Crippen LogP contribution in [0.2, 0.25) is 10.0 Å². The largest absolute Gasteiger partial charge is 0.490 e. The Morgan fingerprint density at radius 2 is 1.86 bits per heavy atom. The van der Waals surface area contributed by atoms with E-state index in [1.807, 2.05) is 6.92 Å². The van der Waals surface area contributed by atoms with Crippen LogP contribution in [0.1, 0.15) is 18.9 Å². The van der Waals surface area contributed by atoms with Crippen LogP contribution in [0.3, 0.4) is 0 Å². The molecule has 0 aliphatic heterocycles. The Kier molecular flexibility index (Phi) is 4.52. The molecule has 0 bridgehead atoms. The minimum atomic E-state index is 0.424. The summed E-state index contributed by atoms with van der Waals surface area (Å²) in [5.41, 5.74) is 6.39. The Morgan fingerprint density at radius 1 is 1.29 bits per heavy atom. The fraction of sp³-hybridized carbons (Fsp3) is 0.400. The molecule has 0 heterocycles. The van der Waals surface area contributed by atoms with Crippen LogP contribution < -0.4 is 10.5 Å². The molecule has 1 aromatic carbocycles. The third-order valence-corrected chi connectivity index (χ3v) is 2.31. The van der Waals surface area contributed by atoms with Crippen molar-refractivity contribution in [2.75, 3.05) is 6.61 Å². The maximum Gasteiger partial charge on any atom is 0.156 e. The number of hydrogen-bond donors (Lipinski definition) is 1. The van der Waals surface area contributed by atoms with Gasteiger partial charge in [-0.1, -0.05) is 30.1 Å². The fourth-order valence-corrected chi connectivity index (χ4v) is 1.71. The Morgan fingerprint density at radius 3 is 2.29 bits per heavy atom. The van der Waals surface area contributed by atoms with Crippen LogP contribution in [0, 0.1) is 0 Å². The molecule has 0 saturated carbocycles. The SMILES string of the molecule is CCCOc1c(Cl)cc(CN)cc1Cl. The number of halogens is 2. The average molecular weight is 234 g/mol. The van der Waals surface area contributed by atoms with E-state index in [4.69, 9.17) is 33.7 Å². The Hall–Kier alpha value is -0.440. The normalized spacial score (nSPS) is 10.3. The summed E-state index contributed by atoms with van der Waals surface area (Å²) in [6, 6.07) is 3.55. The van der Waals surface area contributed by atoms with E-state index >= 15 is 0 Å². The molecule has 0 spiro atoms. The number of benzene rings is 1. The second-order valence-electron chi connectivity index (χ2n) is 2.94. The highest BCUT2D eigenvalue weighted by Gasteiger charge is 2.08. The van der Waals surface area contributed by atoms with E-state index in [0.29, 0.717) is 28.9 Å². The monoisotopic (exact) mass is 233 g/mol. The topological polar surface area (TPSA) is 35.2 Å². The Bertz CT molecular complexity index is 292. The first-order chi connectivity index (χ1) is 6.69. The Labute approximate surface area is 94.0 Å². The first-order valence-corrected chi connectivity index (χ1v) is 5.25. The molecule has 0 aliphatic rings. The molecule has 1 rings (SSSR count). The van der Waals surface area contributed by atoms with Crippen molar-refractivity contribution in [1.82, 2.24) is 0 Å². The van der Waals surface area contributed by atoms with Gasteiger partial charge in [-0.05, 0) is 24.1 Å². The van der Waals surface area contributed by atoms with Crippen LogP contribution in [0.5, 0.6) is 5.75 Å². The molecule has 2 N–H and O–H groups in total. The first-order valence-electron chi connectivity index (χ1n) is 4.49. The lowest BCUT2D eigenvalue weighted by Gasteiger charge is -2.10. The van der Waals surface area contributed by atoms with Crippen LogP contribution in [0.4, 0.5) is 0 Å². The molecule has 4 heteroatoms. The van der Waals surface area contributed by atoms with E-state index in [9.17, 15) is 0 Å². The summed E-state index contributed by atoms with van der Waals surface area (Å²) in [6.45, 7) is 3.06. The van der Waals surface area contributed by atoms with Crippen molar-refractivity contribution in [2.45, 2.75) is 19.9 Å². The molecule has 0 atom stereocenters. The molecule has 0 unspecified atom stereocenters. The van der Waals surface area contributed by atoms with E-state index in [1.54, 1.807) is 12.1 Å². The van der Waals surface area contributed by atoms with Crippen LogP contribution in [-0.4, -0.2) is 6.61 Å². The molecule has 78 valence electrons. The first kappa shape index (κ1) is 11.6. The van der Waals surface area contributed by atoms with Crippen molar-refractivity contribution >= 4 is 23.2 Å². The second kappa shape index (κ2) is 5.44. The molecular weight excluding hydrogens is 221 g/mol. The van der Waals surface area contributed by atoms with Gasteiger partial charge in [-0.2, -0.15) is 0 Å². The predicted octanol–water partition coefficient (Wildman–Crippen LogP) is 3.24. The van der Waals surface area contributed by atoms with Crippen molar-refractivity contribution < 1.29 is 4.74 Å². The summed E-state index contributed by atoms with van der Waals surface area (Å²) in [6.07, 6.45) is 0.922. The minimum Gasteiger partial charge on any atom is -0.490 e. The predicted molar refractivity (Wildman–Crippen MR) is 60.1 cm³/mol. The van der Waals surface area contributed by atoms with E-state index < -0.39 is 0 Å². The van der Waals surface area contributed by atoms with Gasteiger partial charge in [0.25, 0.3) is 0 Å². The van der Waals surface area contributed by atoms with E-state index in [0.717, 1.165) is 12.0 Å². The van der Waals surface area contributed by atoms with Crippen molar-refractivity contribution in [3.8, 4) is 5.75 Å². The summed E-state index contributed by atoms with van der Waals surface area (Å²) < 4.78 is 5.41. The Balaban J connectivity index is 2.93. The molecule has 0 aromatic heterocycles. The maximum absolute atomic E-state index is 5.98. The van der Waals surface area contributed by atoms with Crippen molar-refractivity contribution in [3.63, 3.8) is 0 Å². The maximum atomic E-state index is 5.98. The van der Waals surface area contributed by atoms with Gasteiger partial charge in [-0.15, -0.1) is 0 Å². The lowest BCUT2D eigenvalue weighted by molar-refractivity contribution is 0.318. The molecule has 1 aromatic rings. The van der Waals surface area contributed by atoms with E-state index in [-0.39, 0.29) is 0 Å². The number of ether oxygens (including phenoxy) is 1. The van der Waals surface area contributed by atoms with Crippen molar-refractivity contribution in [3.05, 3.63) is 27.7 Å². The molecule has 0 fully saturated rings. The lowest BCUT2D eigenvalue weighted by atomic mass is 10.2. The van der Waals surface area contributed by atoms with Gasteiger partial charge < -0.3 is 10.5 Å². The van der Waals surface area contributed by atoms with Crippen LogP contribution in [-0.2, 0) is 6.54 Å². The summed E-state index contributed by atoms with van der Waals surface area (Å²) in [7, 11) is 0. The van der Waals surface area contributed by atoms with Crippen LogP contribution in [0.15, 0.2) is 12.1 Å². The highest BCUT2D eigenvalue weighted by molar-refractivity contribution is 6.37. The van der Waals surface area contributed by atoms with Gasteiger partial charge in [-0.3, -0.25) is 0 Å². The summed E-state index contributed by atoms with van der Waals surface area (Å²) in [4.78, 5) is 0. The van der Waals surface area contributed by atoms with Gasteiger partial charge in [-0.25, -0.2) is 0 Å². The molecule has 0 radical (unpaired) electrons. The lowest BCUT2D eigenvalue weighted by Crippen LogP contribution is -2.00. The van der Waals surface area contributed by atoms with E-state index in [2.05, 4.69) is 0 Å². The highest BCUT2D eigenvalue weighted by Crippen LogP contribution is 2.34. The fourth-order valence-electron chi connectivity index (χ4n) is 1.07. The minimum absolute atomic E-state index is 0.424. The number of hydrogen-bond acceptors (Lipinski definition) is 2. The molecular formula is C10H13Cl2NO. The molecule has 14 heavy (non-hydrogen) atoms. The summed E-state index contributed by atoms with van der Waals surface area (Å²) in [5, 5.41) is 1.04. The van der Waals surface area contributed by atoms with Gasteiger partial charge in [0, 0.05) is 6.54 Å². The van der Waals surface area contributed by atoms with Crippen LogP contribution in [0.25, 0.3) is 0 Å². The van der Waals surface area contributed by atoms with Gasteiger partial charge in [0.05, 0.1) is 16.7 Å². The zero-order chi connectivity index (χ0) is 10.6. The standard InChI is InChI=1S/C10H13Cl2NO/c1-2-3-14-10-8(11)4-7(6-13)5-9(10)12/h4-5H,2-3,6,13H2,1H3. The zero-order valence-electron chi connectivity index (χ0n) is 8.02. The average Bonchev–Trinajstić information content (AvgIpc) is 2.16. The number of rotatable bonds is 4. The van der Waals surface area contributed by atoms with Crippen molar-refractivity contribution in [1.29, 1.82) is 0 Å². The molecule has 2 nitrogen and oxygen atoms in total. The van der Waals surface area contributed by atoms with Gasteiger partial charge in [0.2, 0.25) is 0 Å². The second-order valence-corrected chi connectivity index (χ2v) is 3.76. The zero-order valence-corrected chi connectivity index (χ0v) is 9.53.